The quantitative estimate of drug-likeness (QED) is 0.667. The van der Waals surface area contributed by atoms with Gasteiger partial charge < -0.3 is 4.74 Å². The summed E-state index contributed by atoms with van der Waals surface area (Å²) in [4.78, 5) is 0. The minimum Gasteiger partial charge on any atom is -0.463 e. The van der Waals surface area contributed by atoms with Crippen molar-refractivity contribution >= 4 is 0 Å². The van der Waals surface area contributed by atoms with Gasteiger partial charge in [-0.25, -0.2) is 0 Å². The van der Waals surface area contributed by atoms with Crippen LogP contribution in [-0.2, 0) is 12.5 Å². The van der Waals surface area contributed by atoms with Gasteiger partial charge in [-0.3, -0.25) is 4.68 Å². The van der Waals surface area contributed by atoms with Gasteiger partial charge in [0, 0.05) is 18.8 Å². The highest BCUT2D eigenvalue weighted by Crippen LogP contribution is 2.29. The minimum absolute atomic E-state index is 0.0260. The molecule has 14 heavy (non-hydrogen) atoms. The first-order valence-corrected chi connectivity index (χ1v) is 4.55. The standard InChI is InChI=1S/C11H16N2O/c1-6-7-14-10-9(11(2,3)4)8-13(5)12-10/h1,8H,7H2,2-5H3. The lowest BCUT2D eigenvalue weighted by Crippen LogP contribution is -2.12. The molecule has 1 aromatic heterocycles. The molecule has 1 rings (SSSR count). The van der Waals surface area contributed by atoms with Crippen LogP contribution in [0.1, 0.15) is 26.3 Å². The first-order valence-electron chi connectivity index (χ1n) is 4.55. The Morgan fingerprint density at radius 3 is 2.71 bits per heavy atom. The normalized spacial score (nSPS) is 11.1. The third-order valence-corrected chi connectivity index (χ3v) is 1.90. The van der Waals surface area contributed by atoms with Crippen LogP contribution in [0.25, 0.3) is 0 Å². The van der Waals surface area contributed by atoms with Crippen LogP contribution in [0.4, 0.5) is 0 Å². The van der Waals surface area contributed by atoms with Crippen molar-refractivity contribution in [1.29, 1.82) is 0 Å². The van der Waals surface area contributed by atoms with Crippen LogP contribution >= 0.6 is 0 Å². The van der Waals surface area contributed by atoms with Gasteiger partial charge in [0.05, 0.1) is 0 Å². The van der Waals surface area contributed by atoms with Crippen LogP contribution in [0.5, 0.6) is 5.88 Å². The second-order valence-electron chi connectivity index (χ2n) is 4.26. The molecule has 0 bridgehead atoms. The zero-order chi connectivity index (χ0) is 10.8. The van der Waals surface area contributed by atoms with Crippen LogP contribution in [0, 0.1) is 12.3 Å². The van der Waals surface area contributed by atoms with E-state index in [1.165, 1.54) is 0 Å². The number of hydrogen-bond donors (Lipinski definition) is 0. The molecule has 0 unspecified atom stereocenters. The highest BCUT2D eigenvalue weighted by Gasteiger charge is 2.22. The third kappa shape index (κ3) is 2.29. The van der Waals surface area contributed by atoms with Crippen molar-refractivity contribution in [2.45, 2.75) is 26.2 Å². The van der Waals surface area contributed by atoms with Gasteiger partial charge >= 0.3 is 0 Å². The van der Waals surface area contributed by atoms with Crippen molar-refractivity contribution in [3.63, 3.8) is 0 Å². The average molecular weight is 192 g/mol. The largest absolute Gasteiger partial charge is 0.463 e. The predicted octanol–water partition coefficient (Wildman–Crippen LogP) is 1.73. The van der Waals surface area contributed by atoms with Crippen molar-refractivity contribution in [3.05, 3.63) is 11.8 Å². The van der Waals surface area contributed by atoms with E-state index in [2.05, 4.69) is 31.8 Å². The smallest absolute Gasteiger partial charge is 0.237 e. The Hall–Kier alpha value is -1.43. The van der Waals surface area contributed by atoms with E-state index in [0.29, 0.717) is 5.88 Å². The highest BCUT2D eigenvalue weighted by atomic mass is 16.5. The summed E-state index contributed by atoms with van der Waals surface area (Å²) in [6.07, 6.45) is 7.10. The molecular formula is C11H16N2O. The number of aryl methyl sites for hydroxylation is 1. The van der Waals surface area contributed by atoms with Crippen molar-refractivity contribution < 1.29 is 4.74 Å². The number of nitrogens with zero attached hydrogens (tertiary/aromatic N) is 2. The summed E-state index contributed by atoms with van der Waals surface area (Å²) in [6.45, 7) is 6.62. The van der Waals surface area contributed by atoms with Crippen LogP contribution in [0.3, 0.4) is 0 Å². The maximum Gasteiger partial charge on any atom is 0.237 e. The van der Waals surface area contributed by atoms with Gasteiger partial charge in [-0.1, -0.05) is 26.7 Å². The SMILES string of the molecule is C#CCOc1nn(C)cc1C(C)(C)C. The lowest BCUT2D eigenvalue weighted by Gasteiger charge is -2.17. The predicted molar refractivity (Wildman–Crippen MR) is 56.2 cm³/mol. The van der Waals surface area contributed by atoms with Crippen molar-refractivity contribution in [2.24, 2.45) is 7.05 Å². The highest BCUT2D eigenvalue weighted by molar-refractivity contribution is 5.30. The lowest BCUT2D eigenvalue weighted by molar-refractivity contribution is 0.341. The molecule has 0 atom stereocenters. The molecule has 1 aromatic rings. The van der Waals surface area contributed by atoms with Gasteiger partial charge in [-0.15, -0.1) is 11.5 Å². The zero-order valence-corrected chi connectivity index (χ0v) is 9.16. The minimum atomic E-state index is 0.0260. The van der Waals surface area contributed by atoms with Crippen molar-refractivity contribution in [3.8, 4) is 18.2 Å². The topological polar surface area (TPSA) is 27.1 Å². The summed E-state index contributed by atoms with van der Waals surface area (Å²) in [5.41, 5.74) is 1.10. The molecule has 0 aliphatic rings. The molecule has 1 heterocycles. The van der Waals surface area contributed by atoms with E-state index in [-0.39, 0.29) is 12.0 Å². The number of terminal acetylenes is 1. The molecule has 0 aliphatic heterocycles. The number of aromatic nitrogens is 2. The molecule has 0 spiro atoms. The summed E-state index contributed by atoms with van der Waals surface area (Å²) in [7, 11) is 1.87. The van der Waals surface area contributed by atoms with Gasteiger partial charge in [0.2, 0.25) is 5.88 Å². The lowest BCUT2D eigenvalue weighted by atomic mass is 9.89. The van der Waals surface area contributed by atoms with E-state index >= 15 is 0 Å². The van der Waals surface area contributed by atoms with Gasteiger partial charge in [-0.05, 0) is 5.41 Å². The van der Waals surface area contributed by atoms with E-state index in [4.69, 9.17) is 11.2 Å². The molecule has 76 valence electrons. The Balaban J connectivity index is 2.98. The molecule has 0 amide bonds. The Labute approximate surface area is 85.1 Å². The Morgan fingerprint density at radius 2 is 2.21 bits per heavy atom. The van der Waals surface area contributed by atoms with Crippen molar-refractivity contribution in [1.82, 2.24) is 9.78 Å². The van der Waals surface area contributed by atoms with E-state index in [9.17, 15) is 0 Å². The summed E-state index contributed by atoms with van der Waals surface area (Å²) < 4.78 is 7.11. The third-order valence-electron chi connectivity index (χ3n) is 1.90. The van der Waals surface area contributed by atoms with Crippen molar-refractivity contribution in [2.75, 3.05) is 6.61 Å². The average Bonchev–Trinajstić information content (AvgIpc) is 2.42. The maximum absolute atomic E-state index is 5.37. The van der Waals surface area contributed by atoms with E-state index in [1.54, 1.807) is 4.68 Å². The van der Waals surface area contributed by atoms with E-state index in [0.717, 1.165) is 5.56 Å². The molecule has 0 aliphatic carbocycles. The molecule has 3 heteroatoms. The summed E-state index contributed by atoms with van der Waals surface area (Å²) in [5.74, 6) is 3.07. The van der Waals surface area contributed by atoms with Gasteiger partial charge in [-0.2, -0.15) is 0 Å². The number of hydrogen-bond acceptors (Lipinski definition) is 2. The van der Waals surface area contributed by atoms with Crippen LogP contribution in [-0.4, -0.2) is 16.4 Å². The van der Waals surface area contributed by atoms with E-state index in [1.807, 2.05) is 13.2 Å². The van der Waals surface area contributed by atoms with Crippen LogP contribution in [0.15, 0.2) is 6.20 Å². The fraction of sp³-hybridized carbons (Fsp3) is 0.545. The maximum atomic E-state index is 5.37. The molecule has 3 nitrogen and oxygen atoms in total. The molecule has 0 radical (unpaired) electrons. The first kappa shape index (κ1) is 10.6. The molecule has 0 saturated heterocycles. The molecule has 0 aromatic carbocycles. The Morgan fingerprint density at radius 1 is 1.57 bits per heavy atom. The van der Waals surface area contributed by atoms with Crippen LogP contribution in [0.2, 0.25) is 0 Å². The molecule has 0 saturated carbocycles. The zero-order valence-electron chi connectivity index (χ0n) is 9.16. The second kappa shape index (κ2) is 3.75. The monoisotopic (exact) mass is 192 g/mol. The van der Waals surface area contributed by atoms with Crippen LogP contribution < -0.4 is 4.74 Å². The van der Waals surface area contributed by atoms with Gasteiger partial charge in [0.1, 0.15) is 0 Å². The summed E-state index contributed by atoms with van der Waals surface area (Å²) in [6, 6.07) is 0. The fourth-order valence-corrected chi connectivity index (χ4v) is 1.20. The molecular weight excluding hydrogens is 176 g/mol. The fourth-order valence-electron chi connectivity index (χ4n) is 1.20. The Kier molecular flexibility index (Phi) is 2.85. The summed E-state index contributed by atoms with van der Waals surface area (Å²) >= 11 is 0. The number of ether oxygens (including phenoxy) is 1. The first-order chi connectivity index (χ1) is 6.45. The van der Waals surface area contributed by atoms with E-state index < -0.39 is 0 Å². The Bertz CT molecular complexity index is 352. The summed E-state index contributed by atoms with van der Waals surface area (Å²) in [5, 5.41) is 4.21. The molecule has 0 N–H and O–H groups in total. The van der Waals surface area contributed by atoms with Gasteiger partial charge in [0.25, 0.3) is 0 Å². The van der Waals surface area contributed by atoms with Gasteiger partial charge in [0.15, 0.2) is 6.61 Å². The molecule has 0 fully saturated rings. The number of rotatable bonds is 2. The second-order valence-corrected chi connectivity index (χ2v) is 4.26.